The van der Waals surface area contributed by atoms with Crippen molar-refractivity contribution < 1.29 is 23.1 Å². The largest absolute Gasteiger partial charge is 0.508 e. The zero-order valence-corrected chi connectivity index (χ0v) is 28.4. The van der Waals surface area contributed by atoms with E-state index in [1.165, 1.54) is 26.1 Å². The number of aromatic nitrogens is 1. The second kappa shape index (κ2) is 11.1. The van der Waals surface area contributed by atoms with Crippen LogP contribution in [0.1, 0.15) is 84.7 Å². The highest BCUT2D eigenvalue weighted by Crippen LogP contribution is 2.66. The average molecular weight is 660 g/mol. The normalized spacial score (nSPS) is 27.6. The first kappa shape index (κ1) is 30.9. The van der Waals surface area contributed by atoms with Gasteiger partial charge in [-0.2, -0.15) is 12.7 Å². The molecule has 4 unspecified atom stereocenters. The van der Waals surface area contributed by atoms with Crippen LogP contribution >= 0.6 is 0 Å². The quantitative estimate of drug-likeness (QED) is 0.413. The van der Waals surface area contributed by atoms with Crippen molar-refractivity contribution in [1.29, 1.82) is 0 Å². The van der Waals surface area contributed by atoms with E-state index in [4.69, 9.17) is 0 Å². The lowest BCUT2D eigenvalue weighted by Gasteiger charge is -2.39. The van der Waals surface area contributed by atoms with E-state index in [-0.39, 0.29) is 29.2 Å². The number of likely N-dealkylation sites (N-methyl/N-ethyl adjacent to an activating group) is 1. The van der Waals surface area contributed by atoms with E-state index < -0.39 is 21.5 Å². The van der Waals surface area contributed by atoms with Gasteiger partial charge in [0, 0.05) is 74.3 Å². The summed E-state index contributed by atoms with van der Waals surface area (Å²) in [6.07, 6.45) is 8.53. The van der Waals surface area contributed by atoms with Gasteiger partial charge in [-0.05, 0) is 92.4 Å². The summed E-state index contributed by atoms with van der Waals surface area (Å²) in [6.45, 7) is 3.17. The zero-order chi connectivity index (χ0) is 32.8. The molecule has 4 fully saturated rings. The van der Waals surface area contributed by atoms with Crippen LogP contribution in [0, 0.1) is 11.3 Å². The van der Waals surface area contributed by atoms with Crippen molar-refractivity contribution >= 4 is 32.9 Å². The monoisotopic (exact) mass is 659 g/mol. The Balaban J connectivity index is 1.31. The molecule has 3 aliphatic heterocycles. The third kappa shape index (κ3) is 4.91. The second-order valence-electron chi connectivity index (χ2n) is 15.0. The second-order valence-corrected chi connectivity index (χ2v) is 16.9. The van der Waals surface area contributed by atoms with Crippen LogP contribution in [0.4, 0.5) is 0 Å². The van der Waals surface area contributed by atoms with Gasteiger partial charge in [0.1, 0.15) is 5.75 Å². The molecule has 1 aromatic heterocycles. The summed E-state index contributed by atoms with van der Waals surface area (Å²) >= 11 is 0. The average Bonchev–Trinajstić information content (AvgIpc) is 3.55. The van der Waals surface area contributed by atoms with Gasteiger partial charge < -0.3 is 19.5 Å². The van der Waals surface area contributed by atoms with Crippen molar-refractivity contribution in [3.05, 3.63) is 53.1 Å². The Bertz CT molecular complexity index is 1900. The van der Waals surface area contributed by atoms with Gasteiger partial charge in [-0.3, -0.25) is 9.59 Å². The van der Waals surface area contributed by atoms with Gasteiger partial charge in [-0.1, -0.05) is 25.3 Å². The number of carbonyl (C=O) groups is 2. The maximum atomic E-state index is 15.0. The molecule has 0 spiro atoms. The maximum Gasteiger partial charge on any atom is 0.303 e. The van der Waals surface area contributed by atoms with Crippen molar-refractivity contribution in [3.8, 4) is 17.0 Å². The van der Waals surface area contributed by atoms with Crippen LogP contribution in [0.25, 0.3) is 22.2 Å². The molecule has 3 aromatic rings. The lowest BCUT2D eigenvalue weighted by atomic mass is 9.81. The van der Waals surface area contributed by atoms with Crippen molar-refractivity contribution in [2.45, 2.75) is 75.8 Å². The Kier molecular flexibility index (Phi) is 7.27. The molecular weight excluding hydrogens is 614 g/mol. The number of carbonyl (C=O) groups excluding carboxylic acids is 2. The molecule has 2 saturated heterocycles. The summed E-state index contributed by atoms with van der Waals surface area (Å²) in [5.74, 6) is 0.542. The molecule has 2 amide bonds. The topological polar surface area (TPSA) is 115 Å². The number of fused-ring (bicyclic) bond motifs is 8. The van der Waals surface area contributed by atoms with Crippen LogP contribution in [-0.4, -0.2) is 90.8 Å². The molecule has 4 atom stereocenters. The number of phenolic OH excluding ortho intramolecular Hbond substituents is 1. The molecule has 47 heavy (non-hydrogen) atoms. The van der Waals surface area contributed by atoms with Gasteiger partial charge in [0.25, 0.3) is 5.91 Å². The van der Waals surface area contributed by atoms with E-state index in [1.807, 2.05) is 24.3 Å². The van der Waals surface area contributed by atoms with Gasteiger partial charge in [-0.25, -0.2) is 4.72 Å². The number of hydrogen-bond acceptors (Lipinski definition) is 6. The fourth-order valence-corrected chi connectivity index (χ4v) is 10.0. The lowest BCUT2D eigenvalue weighted by molar-refractivity contribution is -0.142. The smallest absolute Gasteiger partial charge is 0.303 e. The lowest BCUT2D eigenvalue weighted by Crippen LogP contribution is -2.52. The minimum atomic E-state index is -3.98. The van der Waals surface area contributed by atoms with Crippen molar-refractivity contribution in [2.75, 3.05) is 40.8 Å². The molecule has 5 aliphatic rings. The molecular formula is C36H45N5O5S. The minimum Gasteiger partial charge on any atom is -0.508 e. The molecule has 0 radical (unpaired) electrons. The van der Waals surface area contributed by atoms with Gasteiger partial charge in [0.2, 0.25) is 5.91 Å². The van der Waals surface area contributed by atoms with E-state index in [0.717, 1.165) is 90.2 Å². The Morgan fingerprint density at radius 2 is 1.79 bits per heavy atom. The van der Waals surface area contributed by atoms with E-state index >= 15 is 0 Å². The van der Waals surface area contributed by atoms with Crippen LogP contribution in [0.15, 0.2) is 36.4 Å². The van der Waals surface area contributed by atoms with Crippen molar-refractivity contribution in [2.24, 2.45) is 11.3 Å². The zero-order valence-electron chi connectivity index (χ0n) is 27.5. The predicted molar refractivity (Wildman–Crippen MR) is 180 cm³/mol. The fourth-order valence-electron chi connectivity index (χ4n) is 9.50. The highest BCUT2D eigenvalue weighted by molar-refractivity contribution is 7.87. The first-order valence-electron chi connectivity index (χ1n) is 17.2. The van der Waals surface area contributed by atoms with Crippen molar-refractivity contribution in [1.82, 2.24) is 23.4 Å². The number of hydrogen-bond donors (Lipinski definition) is 2. The Labute approximate surface area is 276 Å². The van der Waals surface area contributed by atoms with Crippen molar-refractivity contribution in [3.63, 3.8) is 0 Å². The van der Waals surface area contributed by atoms with Gasteiger partial charge in [-0.15, -0.1) is 0 Å². The number of phenols is 1. The van der Waals surface area contributed by atoms with Crippen LogP contribution in [0.3, 0.4) is 0 Å². The molecule has 4 heterocycles. The van der Waals surface area contributed by atoms with E-state index in [1.54, 1.807) is 12.1 Å². The standard InChI is InChI=1S/C36H45N5O5S/c1-38(2)47(45,46)37-34(43)23-11-13-27-30(16-23)41-21-36(35(44)40-15-7-10-24-19-39(3)20-31(24)40)18-29(36)28-17-25(42)12-14-26(28)33(41)32(27)22-8-5-4-6-9-22/h11-14,16-17,22,24,29,31,42H,4-10,15,18-21H2,1-3H3,(H,37,43). The third-order valence-electron chi connectivity index (χ3n) is 11.9. The number of piperidine rings is 1. The summed E-state index contributed by atoms with van der Waals surface area (Å²) in [5.41, 5.74) is 4.87. The number of nitrogens with zero attached hydrogens (tertiary/aromatic N) is 4. The maximum absolute atomic E-state index is 15.0. The summed E-state index contributed by atoms with van der Waals surface area (Å²) in [5, 5.41) is 11.8. The summed E-state index contributed by atoms with van der Waals surface area (Å²) < 4.78 is 30.6. The molecule has 11 heteroatoms. The first-order valence-corrected chi connectivity index (χ1v) is 18.7. The van der Waals surface area contributed by atoms with Gasteiger partial charge in [0.05, 0.1) is 11.1 Å². The summed E-state index contributed by atoms with van der Waals surface area (Å²) in [4.78, 5) is 32.8. The Morgan fingerprint density at radius 1 is 1.00 bits per heavy atom. The Hall–Kier alpha value is -3.41. The van der Waals surface area contributed by atoms with E-state index in [9.17, 15) is 23.1 Å². The molecule has 2 aromatic carbocycles. The van der Waals surface area contributed by atoms with Gasteiger partial charge in [0.15, 0.2) is 0 Å². The van der Waals surface area contributed by atoms with Crippen LogP contribution in [-0.2, 0) is 21.5 Å². The van der Waals surface area contributed by atoms with Crippen LogP contribution in [0.2, 0.25) is 0 Å². The highest BCUT2D eigenvalue weighted by atomic mass is 32.2. The summed E-state index contributed by atoms with van der Waals surface area (Å²) in [6, 6.07) is 11.4. The molecule has 250 valence electrons. The number of nitrogens with one attached hydrogen (secondary N) is 1. The highest BCUT2D eigenvalue weighted by Gasteiger charge is 2.65. The first-order chi connectivity index (χ1) is 22.5. The Morgan fingerprint density at radius 3 is 2.55 bits per heavy atom. The SMILES string of the molecule is CN1CC2CCCN(C(=O)C34CC3c3cc(O)ccc3-c3c(C5CCCCC5)c5ccc(C(=O)NS(=O)(=O)N(C)C)cc5n3C4)C2C1. The predicted octanol–water partition coefficient (Wildman–Crippen LogP) is 4.64. The van der Waals surface area contributed by atoms with Crippen LogP contribution in [0.5, 0.6) is 5.75 Å². The van der Waals surface area contributed by atoms with E-state index in [0.29, 0.717) is 24.8 Å². The summed E-state index contributed by atoms with van der Waals surface area (Å²) in [7, 11) is 0.936. The number of amides is 2. The molecule has 8 rings (SSSR count). The van der Waals surface area contributed by atoms with Crippen LogP contribution < -0.4 is 4.72 Å². The number of benzene rings is 2. The van der Waals surface area contributed by atoms with Gasteiger partial charge >= 0.3 is 10.2 Å². The number of aromatic hydroxyl groups is 1. The third-order valence-corrected chi connectivity index (χ3v) is 13.3. The molecule has 0 bridgehead atoms. The molecule has 2 aliphatic carbocycles. The van der Waals surface area contributed by atoms with E-state index in [2.05, 4.69) is 26.1 Å². The number of rotatable bonds is 5. The minimum absolute atomic E-state index is 0.0116. The molecule has 10 nitrogen and oxygen atoms in total. The molecule has 2 N–H and O–H groups in total. The fraction of sp³-hybridized carbons (Fsp3) is 0.556. The molecule has 2 saturated carbocycles. The number of likely N-dealkylation sites (tertiary alicyclic amines) is 2.